The monoisotopic (exact) mass is 292 g/mol. The summed E-state index contributed by atoms with van der Waals surface area (Å²) in [5, 5.41) is 7.72. The number of carboxylic acids is 1. The summed E-state index contributed by atoms with van der Waals surface area (Å²) in [7, 11) is 0. The first-order valence-corrected chi connectivity index (χ1v) is 5.84. The van der Waals surface area contributed by atoms with Gasteiger partial charge in [-0.05, 0) is 0 Å². The zero-order valence-corrected chi connectivity index (χ0v) is 12.0. The summed E-state index contributed by atoms with van der Waals surface area (Å²) in [5.41, 5.74) is 0. The number of carboxylic acid groups (broad SMARTS) is 1. The lowest BCUT2D eigenvalue weighted by atomic mass is 10.4. The first-order chi connectivity index (χ1) is 9.18. The molecule has 0 saturated heterocycles. The average molecular weight is 292 g/mol. The molecule has 0 radical (unpaired) electrons. The van der Waals surface area contributed by atoms with Crippen LogP contribution in [0, 0.1) is 0 Å². The van der Waals surface area contributed by atoms with E-state index in [0.29, 0.717) is 0 Å². The van der Waals surface area contributed by atoms with Crippen molar-refractivity contribution in [1.29, 1.82) is 0 Å². The maximum absolute atomic E-state index is 10.6. The molecule has 0 aromatic rings. The Balaban J connectivity index is 0. The van der Waals surface area contributed by atoms with E-state index in [2.05, 4.69) is 9.47 Å². The number of hydrogen-bond acceptors (Lipinski definition) is 7. The Morgan fingerprint density at radius 3 is 1.45 bits per heavy atom. The fraction of sp³-hybridized carbons (Fsp3) is 0.667. The van der Waals surface area contributed by atoms with Gasteiger partial charge in [0.1, 0.15) is 13.2 Å². The third kappa shape index (κ3) is 18.3. The van der Waals surface area contributed by atoms with Crippen LogP contribution < -0.4 is 0 Å². The molecule has 0 atom stereocenters. The maximum atomic E-state index is 10.6. The van der Waals surface area contributed by atoms with Gasteiger partial charge in [-0.3, -0.25) is 19.2 Å². The molecule has 8 nitrogen and oxygen atoms in total. The molecule has 0 saturated carbocycles. The first kappa shape index (κ1) is 20.2. The largest absolute Gasteiger partial charge is 0.481 e. The Morgan fingerprint density at radius 1 is 0.900 bits per heavy atom. The highest BCUT2D eigenvalue weighted by Gasteiger charge is 2.15. The van der Waals surface area contributed by atoms with Gasteiger partial charge in [-0.1, -0.05) is 6.92 Å². The Bertz CT molecular complexity index is 318. The van der Waals surface area contributed by atoms with Crippen molar-refractivity contribution in [3.05, 3.63) is 0 Å². The Kier molecular flexibility index (Phi) is 12.1. The zero-order chi connectivity index (χ0) is 16.1. The normalized spacial score (nSPS) is 9.05. The van der Waals surface area contributed by atoms with Crippen molar-refractivity contribution >= 4 is 23.9 Å². The van der Waals surface area contributed by atoms with E-state index < -0.39 is 30.0 Å². The molecule has 0 aromatic heterocycles. The second-order valence-electron chi connectivity index (χ2n) is 3.58. The van der Waals surface area contributed by atoms with Crippen LogP contribution in [0.2, 0.25) is 0 Å². The molecule has 0 bridgehead atoms. The maximum Gasteiger partial charge on any atom is 0.303 e. The Hall–Kier alpha value is -2.12. The minimum Gasteiger partial charge on any atom is -0.481 e. The molecule has 0 spiro atoms. The molecule has 0 aromatic carbocycles. The van der Waals surface area contributed by atoms with Gasteiger partial charge in [0.05, 0.1) is 0 Å². The number of aliphatic carboxylic acids is 1. The van der Waals surface area contributed by atoms with Gasteiger partial charge >= 0.3 is 23.9 Å². The van der Waals surface area contributed by atoms with Crippen LogP contribution in [0.3, 0.4) is 0 Å². The first-order valence-electron chi connectivity index (χ1n) is 5.84. The van der Waals surface area contributed by atoms with E-state index in [0.717, 1.165) is 0 Å². The number of esters is 3. The fourth-order valence-electron chi connectivity index (χ4n) is 0.771. The quantitative estimate of drug-likeness (QED) is 0.556. The third-order valence-electron chi connectivity index (χ3n) is 1.58. The Labute approximate surface area is 117 Å². The van der Waals surface area contributed by atoms with Crippen molar-refractivity contribution in [3.63, 3.8) is 0 Å². The minimum absolute atomic E-state index is 0.123. The van der Waals surface area contributed by atoms with E-state index in [1.807, 2.05) is 0 Å². The van der Waals surface area contributed by atoms with Crippen molar-refractivity contribution in [2.45, 2.75) is 40.2 Å². The number of rotatable bonds is 6. The van der Waals surface area contributed by atoms with Crippen LogP contribution in [0.4, 0.5) is 0 Å². The van der Waals surface area contributed by atoms with E-state index in [1.54, 1.807) is 6.92 Å². The summed E-state index contributed by atoms with van der Waals surface area (Å²) in [4.78, 5) is 41.0. The minimum atomic E-state index is -0.754. The molecule has 1 N–H and O–H groups in total. The fourth-order valence-corrected chi connectivity index (χ4v) is 0.771. The molecule has 0 aliphatic rings. The highest BCUT2D eigenvalue weighted by Crippen LogP contribution is 1.97. The molecule has 0 amide bonds. The van der Waals surface area contributed by atoms with E-state index in [4.69, 9.17) is 9.84 Å². The molecule has 0 rings (SSSR count). The molecule has 0 heterocycles. The predicted octanol–water partition coefficient (Wildman–Crippen LogP) is 0.525. The van der Waals surface area contributed by atoms with Crippen molar-refractivity contribution in [2.75, 3.05) is 13.2 Å². The lowest BCUT2D eigenvalue weighted by molar-refractivity contribution is -0.163. The van der Waals surface area contributed by atoms with Crippen molar-refractivity contribution < 1.29 is 38.5 Å². The van der Waals surface area contributed by atoms with Gasteiger partial charge in [0.2, 0.25) is 0 Å². The number of ether oxygens (including phenoxy) is 3. The lowest BCUT2D eigenvalue weighted by Crippen LogP contribution is -2.29. The summed E-state index contributed by atoms with van der Waals surface area (Å²) in [6.07, 6.45) is -0.532. The second-order valence-corrected chi connectivity index (χ2v) is 3.58. The summed E-state index contributed by atoms with van der Waals surface area (Å²) in [6, 6.07) is 0. The topological polar surface area (TPSA) is 116 Å². The molecule has 0 aliphatic heterocycles. The predicted molar refractivity (Wildman–Crippen MR) is 66.7 cm³/mol. The third-order valence-corrected chi connectivity index (χ3v) is 1.58. The molecule has 0 aliphatic carbocycles. The van der Waals surface area contributed by atoms with Gasteiger partial charge in [-0.25, -0.2) is 0 Å². The van der Waals surface area contributed by atoms with Crippen LogP contribution in [-0.2, 0) is 33.4 Å². The molecular formula is C12H20O8. The van der Waals surface area contributed by atoms with E-state index in [9.17, 15) is 19.2 Å². The molecule has 20 heavy (non-hydrogen) atoms. The molecular weight excluding hydrogens is 272 g/mol. The SMILES string of the molecule is CC(=O)OCC(COC(C)=O)OC(C)=O.CCC(=O)O. The second kappa shape index (κ2) is 11.9. The van der Waals surface area contributed by atoms with Gasteiger partial charge < -0.3 is 19.3 Å². The van der Waals surface area contributed by atoms with Crippen molar-refractivity contribution in [1.82, 2.24) is 0 Å². The highest BCUT2D eigenvalue weighted by molar-refractivity contribution is 5.67. The molecule has 0 unspecified atom stereocenters. The molecule has 116 valence electrons. The molecule has 0 fully saturated rings. The summed E-state index contributed by atoms with van der Waals surface area (Å²) in [6.45, 7) is 5.04. The smallest absolute Gasteiger partial charge is 0.303 e. The average Bonchev–Trinajstić information content (AvgIpc) is 2.32. The highest BCUT2D eigenvalue weighted by atomic mass is 16.6. The van der Waals surface area contributed by atoms with Gasteiger partial charge in [0, 0.05) is 27.2 Å². The number of carbonyl (C=O) groups is 4. The van der Waals surface area contributed by atoms with E-state index in [-0.39, 0.29) is 19.6 Å². The summed E-state index contributed by atoms with van der Waals surface area (Å²) < 4.78 is 14.0. The van der Waals surface area contributed by atoms with Gasteiger partial charge in [0.15, 0.2) is 6.10 Å². The van der Waals surface area contributed by atoms with Crippen molar-refractivity contribution in [3.8, 4) is 0 Å². The van der Waals surface area contributed by atoms with Crippen LogP contribution in [-0.4, -0.2) is 48.3 Å². The number of carbonyl (C=O) groups excluding carboxylic acids is 3. The summed E-state index contributed by atoms with van der Waals surface area (Å²) in [5.74, 6) is -2.26. The van der Waals surface area contributed by atoms with Crippen LogP contribution in [0.5, 0.6) is 0 Å². The summed E-state index contributed by atoms with van der Waals surface area (Å²) >= 11 is 0. The van der Waals surface area contributed by atoms with Crippen LogP contribution in [0.1, 0.15) is 34.1 Å². The van der Waals surface area contributed by atoms with E-state index in [1.165, 1.54) is 20.8 Å². The van der Waals surface area contributed by atoms with Crippen LogP contribution in [0.25, 0.3) is 0 Å². The van der Waals surface area contributed by atoms with Crippen LogP contribution in [0.15, 0.2) is 0 Å². The van der Waals surface area contributed by atoms with Crippen LogP contribution >= 0.6 is 0 Å². The number of hydrogen-bond donors (Lipinski definition) is 1. The lowest BCUT2D eigenvalue weighted by Gasteiger charge is -2.15. The molecule has 8 heteroatoms. The van der Waals surface area contributed by atoms with Gasteiger partial charge in [0.25, 0.3) is 0 Å². The zero-order valence-electron chi connectivity index (χ0n) is 12.0. The van der Waals surface area contributed by atoms with Gasteiger partial charge in [-0.15, -0.1) is 0 Å². The van der Waals surface area contributed by atoms with Gasteiger partial charge in [-0.2, -0.15) is 0 Å². The van der Waals surface area contributed by atoms with Crippen molar-refractivity contribution in [2.24, 2.45) is 0 Å². The van der Waals surface area contributed by atoms with E-state index >= 15 is 0 Å². The Morgan fingerprint density at radius 2 is 1.25 bits per heavy atom. The standard InChI is InChI=1S/C9H14O6.C3H6O2/c1-6(10)13-4-9(15-8(3)12)5-14-7(2)11;1-2-3(4)5/h9H,4-5H2,1-3H3;2H2,1H3,(H,4,5).